The lowest BCUT2D eigenvalue weighted by molar-refractivity contribution is -0.115. The minimum atomic E-state index is -3.55. The zero-order valence-corrected chi connectivity index (χ0v) is 17.8. The van der Waals surface area contributed by atoms with Gasteiger partial charge in [0, 0.05) is 37.1 Å². The molecule has 0 saturated carbocycles. The molecule has 1 aliphatic heterocycles. The largest absolute Gasteiger partial charge is 0.326 e. The Balaban J connectivity index is 1.80. The molecule has 0 aliphatic carbocycles. The summed E-state index contributed by atoms with van der Waals surface area (Å²) >= 11 is 0. The number of nitrogens with one attached hydrogen (secondary N) is 1. The van der Waals surface area contributed by atoms with Crippen molar-refractivity contribution in [3.05, 3.63) is 40.7 Å². The van der Waals surface area contributed by atoms with Gasteiger partial charge >= 0.3 is 0 Å². The van der Waals surface area contributed by atoms with E-state index in [4.69, 9.17) is 0 Å². The van der Waals surface area contributed by atoms with Crippen molar-refractivity contribution in [1.82, 2.24) is 14.1 Å². The van der Waals surface area contributed by atoms with E-state index in [1.165, 1.54) is 0 Å². The van der Waals surface area contributed by atoms with E-state index < -0.39 is 10.0 Å². The minimum absolute atomic E-state index is 0.190. The van der Waals surface area contributed by atoms with Gasteiger partial charge in [-0.1, -0.05) is 12.5 Å². The van der Waals surface area contributed by atoms with Crippen LogP contribution < -0.4 is 5.32 Å². The molecule has 2 heterocycles. The maximum absolute atomic E-state index is 13.0. The van der Waals surface area contributed by atoms with Crippen molar-refractivity contribution in [2.75, 3.05) is 18.4 Å². The predicted octanol–water partition coefficient (Wildman–Crippen LogP) is 2.70. The van der Waals surface area contributed by atoms with E-state index in [1.807, 2.05) is 20.9 Å². The Morgan fingerprint density at radius 2 is 1.82 bits per heavy atom. The average Bonchev–Trinajstić information content (AvgIpc) is 2.90. The van der Waals surface area contributed by atoms with E-state index in [-0.39, 0.29) is 17.2 Å². The number of carbonyl (C=O) groups excluding carboxylic acids is 1. The van der Waals surface area contributed by atoms with Crippen LogP contribution in [0.15, 0.2) is 23.1 Å². The minimum Gasteiger partial charge on any atom is -0.326 e. The second kappa shape index (κ2) is 8.05. The molecule has 0 spiro atoms. The Morgan fingerprint density at radius 3 is 2.43 bits per heavy atom. The fourth-order valence-corrected chi connectivity index (χ4v) is 5.41. The molecule has 28 heavy (non-hydrogen) atoms. The van der Waals surface area contributed by atoms with Gasteiger partial charge in [0.15, 0.2) is 0 Å². The van der Waals surface area contributed by atoms with Crippen LogP contribution in [0.25, 0.3) is 0 Å². The monoisotopic (exact) mass is 404 g/mol. The lowest BCUT2D eigenvalue weighted by atomic mass is 10.1. The van der Waals surface area contributed by atoms with E-state index >= 15 is 0 Å². The third kappa shape index (κ3) is 4.12. The molecule has 2 aromatic rings. The highest BCUT2D eigenvalue weighted by atomic mass is 32.2. The highest BCUT2D eigenvalue weighted by Crippen LogP contribution is 2.26. The normalized spacial score (nSPS) is 15.6. The molecule has 1 fully saturated rings. The fourth-order valence-electron chi connectivity index (χ4n) is 3.64. The molecular formula is C20H28N4O3S. The molecule has 7 nitrogen and oxygen atoms in total. The van der Waals surface area contributed by atoms with Gasteiger partial charge in [-0.2, -0.15) is 9.40 Å². The molecule has 0 bridgehead atoms. The van der Waals surface area contributed by atoms with Crippen molar-refractivity contribution in [2.45, 2.75) is 51.3 Å². The van der Waals surface area contributed by atoms with Crippen LogP contribution in [0.3, 0.4) is 0 Å². The highest BCUT2D eigenvalue weighted by Gasteiger charge is 2.27. The SMILES string of the molecule is Cc1ccc(NC(=O)Cc2c(C)nn(C)c2C)cc1S(=O)(=O)N1CCCCC1. The maximum atomic E-state index is 13.0. The molecule has 8 heteroatoms. The highest BCUT2D eigenvalue weighted by molar-refractivity contribution is 7.89. The first kappa shape index (κ1) is 20.5. The number of sulfonamides is 1. The molecule has 1 aliphatic rings. The number of aryl methyl sites for hydroxylation is 3. The van der Waals surface area contributed by atoms with Crippen molar-refractivity contribution < 1.29 is 13.2 Å². The van der Waals surface area contributed by atoms with Gasteiger partial charge < -0.3 is 5.32 Å². The summed E-state index contributed by atoms with van der Waals surface area (Å²) in [5, 5.41) is 7.17. The van der Waals surface area contributed by atoms with Crippen LogP contribution in [-0.4, -0.2) is 41.5 Å². The first-order valence-electron chi connectivity index (χ1n) is 9.60. The van der Waals surface area contributed by atoms with Crippen molar-refractivity contribution >= 4 is 21.6 Å². The summed E-state index contributed by atoms with van der Waals surface area (Å²) in [6.07, 6.45) is 3.04. The molecule has 3 rings (SSSR count). The van der Waals surface area contributed by atoms with Gasteiger partial charge in [0.1, 0.15) is 0 Å². The number of anilines is 1. The molecule has 1 aromatic heterocycles. The van der Waals surface area contributed by atoms with E-state index in [1.54, 1.807) is 34.1 Å². The zero-order chi connectivity index (χ0) is 20.5. The first-order chi connectivity index (χ1) is 13.2. The number of nitrogens with zero attached hydrogens (tertiary/aromatic N) is 3. The van der Waals surface area contributed by atoms with Crippen LogP contribution >= 0.6 is 0 Å². The van der Waals surface area contributed by atoms with Crippen LogP contribution in [0.4, 0.5) is 5.69 Å². The summed E-state index contributed by atoms with van der Waals surface area (Å²) in [4.78, 5) is 12.8. The number of benzene rings is 1. The van der Waals surface area contributed by atoms with Crippen LogP contribution in [0.1, 0.15) is 41.8 Å². The van der Waals surface area contributed by atoms with E-state index in [0.29, 0.717) is 24.3 Å². The van der Waals surface area contributed by atoms with Crippen molar-refractivity contribution in [3.63, 3.8) is 0 Å². The molecule has 1 aromatic carbocycles. The lowest BCUT2D eigenvalue weighted by Gasteiger charge is -2.26. The summed E-state index contributed by atoms with van der Waals surface area (Å²) in [5.74, 6) is -0.190. The number of aromatic nitrogens is 2. The smallest absolute Gasteiger partial charge is 0.243 e. The van der Waals surface area contributed by atoms with Crippen LogP contribution in [-0.2, 0) is 28.3 Å². The Kier molecular flexibility index (Phi) is 5.90. The van der Waals surface area contributed by atoms with Gasteiger partial charge in [-0.15, -0.1) is 0 Å². The third-order valence-corrected chi connectivity index (χ3v) is 7.44. The van der Waals surface area contributed by atoms with Crippen LogP contribution in [0.2, 0.25) is 0 Å². The molecular weight excluding hydrogens is 376 g/mol. The predicted molar refractivity (Wildman–Crippen MR) is 109 cm³/mol. The van der Waals surface area contributed by atoms with Gasteiger partial charge in [0.25, 0.3) is 0 Å². The van der Waals surface area contributed by atoms with Crippen LogP contribution in [0.5, 0.6) is 0 Å². The van der Waals surface area contributed by atoms with Gasteiger partial charge in [0.05, 0.1) is 17.0 Å². The Bertz CT molecular complexity index is 989. The second-order valence-electron chi connectivity index (χ2n) is 7.44. The Labute approximate surface area is 166 Å². The van der Waals surface area contributed by atoms with Crippen molar-refractivity contribution in [3.8, 4) is 0 Å². The summed E-state index contributed by atoms with van der Waals surface area (Å²) in [6, 6.07) is 5.05. The zero-order valence-electron chi connectivity index (χ0n) is 16.9. The van der Waals surface area contributed by atoms with Gasteiger partial charge in [-0.25, -0.2) is 8.42 Å². The summed E-state index contributed by atoms with van der Waals surface area (Å²) in [5.41, 5.74) is 3.85. The number of hydrogen-bond acceptors (Lipinski definition) is 4. The summed E-state index contributed by atoms with van der Waals surface area (Å²) < 4.78 is 29.4. The summed E-state index contributed by atoms with van der Waals surface area (Å²) in [7, 11) is -1.70. The molecule has 1 saturated heterocycles. The van der Waals surface area contributed by atoms with E-state index in [2.05, 4.69) is 10.4 Å². The topological polar surface area (TPSA) is 84.3 Å². The summed E-state index contributed by atoms with van der Waals surface area (Å²) in [6.45, 7) is 6.70. The fraction of sp³-hybridized carbons (Fsp3) is 0.500. The maximum Gasteiger partial charge on any atom is 0.243 e. The molecule has 0 radical (unpaired) electrons. The number of hydrogen-bond donors (Lipinski definition) is 1. The number of amides is 1. The van der Waals surface area contributed by atoms with E-state index in [9.17, 15) is 13.2 Å². The Morgan fingerprint density at radius 1 is 1.14 bits per heavy atom. The Hall–Kier alpha value is -2.19. The number of piperidine rings is 1. The quantitative estimate of drug-likeness (QED) is 0.830. The van der Waals surface area contributed by atoms with Gasteiger partial charge in [0.2, 0.25) is 15.9 Å². The second-order valence-corrected chi connectivity index (χ2v) is 9.35. The van der Waals surface area contributed by atoms with Gasteiger partial charge in [-0.3, -0.25) is 9.48 Å². The number of carbonyl (C=O) groups is 1. The molecule has 152 valence electrons. The molecule has 1 N–H and O–H groups in total. The standard InChI is InChI=1S/C20H28N4O3S/c1-14-8-9-17(12-19(14)28(26,27)24-10-6-5-7-11-24)21-20(25)13-18-15(2)22-23(4)16(18)3/h8-9,12H,5-7,10-11,13H2,1-4H3,(H,21,25). The lowest BCUT2D eigenvalue weighted by Crippen LogP contribution is -2.36. The van der Waals surface area contributed by atoms with E-state index in [0.717, 1.165) is 36.2 Å². The third-order valence-electron chi connectivity index (χ3n) is 5.40. The molecule has 1 amide bonds. The first-order valence-corrected chi connectivity index (χ1v) is 11.0. The molecule has 0 unspecified atom stereocenters. The molecule has 0 atom stereocenters. The van der Waals surface area contributed by atoms with Crippen molar-refractivity contribution in [2.24, 2.45) is 7.05 Å². The number of rotatable bonds is 5. The average molecular weight is 405 g/mol. The van der Waals surface area contributed by atoms with Crippen LogP contribution in [0, 0.1) is 20.8 Å². The van der Waals surface area contributed by atoms with Crippen molar-refractivity contribution in [1.29, 1.82) is 0 Å². The van der Waals surface area contributed by atoms with Gasteiger partial charge in [-0.05, 0) is 51.3 Å².